The fourth-order valence-electron chi connectivity index (χ4n) is 2.69. The van der Waals surface area contributed by atoms with Crippen LogP contribution < -0.4 is 10.4 Å². The molecule has 1 aliphatic heterocycles. The van der Waals surface area contributed by atoms with Gasteiger partial charge in [-0.25, -0.2) is 23.9 Å². The Bertz CT molecular complexity index is 908. The molecule has 0 bridgehead atoms. The van der Waals surface area contributed by atoms with E-state index in [1.165, 1.54) is 28.0 Å². The molecule has 1 fully saturated rings. The summed E-state index contributed by atoms with van der Waals surface area (Å²) in [4.78, 5) is 21.5. The molecule has 0 atom stereocenters. The summed E-state index contributed by atoms with van der Waals surface area (Å²) in [6.07, 6.45) is 5.94. The number of rotatable bonds is 5. The van der Waals surface area contributed by atoms with Crippen molar-refractivity contribution in [2.24, 2.45) is 0 Å². The number of hydrogen-bond acceptors (Lipinski definition) is 7. The summed E-state index contributed by atoms with van der Waals surface area (Å²) in [7, 11) is -3.60. The number of aromatic nitrogens is 2. The molecule has 1 aromatic carbocycles. The third-order valence-electron chi connectivity index (χ3n) is 4.13. The van der Waals surface area contributed by atoms with Gasteiger partial charge in [-0.2, -0.15) is 4.31 Å². The number of hydrogen-bond donors (Lipinski definition) is 2. The second kappa shape index (κ2) is 8.25. The Morgan fingerprint density at radius 3 is 2.30 bits per heavy atom. The van der Waals surface area contributed by atoms with Gasteiger partial charge in [0.05, 0.1) is 4.90 Å². The number of nitrogens with one attached hydrogen (secondary N) is 1. The number of carbonyl (C=O) groups is 1. The number of hydroxylamine groups is 1. The van der Waals surface area contributed by atoms with Gasteiger partial charge in [0.1, 0.15) is 0 Å². The second-order valence-corrected chi connectivity index (χ2v) is 7.76. The molecule has 1 aliphatic rings. The molecule has 2 aromatic rings. The van der Waals surface area contributed by atoms with Crippen molar-refractivity contribution in [3.63, 3.8) is 0 Å². The average Bonchev–Trinajstić information content (AvgIpc) is 2.73. The van der Waals surface area contributed by atoms with Gasteiger partial charge in [-0.1, -0.05) is 12.1 Å². The van der Waals surface area contributed by atoms with Crippen molar-refractivity contribution < 1.29 is 18.4 Å². The van der Waals surface area contributed by atoms with Crippen molar-refractivity contribution in [2.45, 2.75) is 4.90 Å². The zero-order valence-corrected chi connectivity index (χ0v) is 15.2. The van der Waals surface area contributed by atoms with Crippen molar-refractivity contribution in [2.75, 3.05) is 31.1 Å². The van der Waals surface area contributed by atoms with Gasteiger partial charge in [-0.15, -0.1) is 0 Å². The highest BCUT2D eigenvalue weighted by atomic mass is 32.2. The minimum atomic E-state index is -3.60. The van der Waals surface area contributed by atoms with Crippen LogP contribution in [-0.4, -0.2) is 60.0 Å². The third-order valence-corrected chi connectivity index (χ3v) is 6.04. The predicted octanol–water partition coefficient (Wildman–Crippen LogP) is 0.506. The van der Waals surface area contributed by atoms with Gasteiger partial charge in [-0.3, -0.25) is 10.0 Å². The summed E-state index contributed by atoms with van der Waals surface area (Å²) < 4.78 is 27.1. The number of amides is 1. The summed E-state index contributed by atoms with van der Waals surface area (Å²) >= 11 is 0. The van der Waals surface area contributed by atoms with Gasteiger partial charge in [-0.05, 0) is 29.8 Å². The molecule has 0 saturated carbocycles. The molecule has 0 radical (unpaired) electrons. The van der Waals surface area contributed by atoms with Gasteiger partial charge < -0.3 is 4.90 Å². The van der Waals surface area contributed by atoms with Gasteiger partial charge in [0.2, 0.25) is 16.0 Å². The SMILES string of the molecule is O=C(/C=C/c1ccc(S(=O)(=O)N2CCN(c3ncccn3)CC2)cc1)NO. The van der Waals surface area contributed by atoms with Crippen molar-refractivity contribution in [1.82, 2.24) is 19.8 Å². The monoisotopic (exact) mass is 389 g/mol. The van der Waals surface area contributed by atoms with E-state index in [1.54, 1.807) is 30.6 Å². The fraction of sp³-hybridized carbons (Fsp3) is 0.235. The average molecular weight is 389 g/mol. The van der Waals surface area contributed by atoms with E-state index in [0.717, 1.165) is 6.08 Å². The van der Waals surface area contributed by atoms with Crippen LogP contribution in [0.1, 0.15) is 5.56 Å². The minimum absolute atomic E-state index is 0.190. The molecular formula is C17H19N5O4S. The van der Waals surface area contributed by atoms with Crippen LogP contribution in [-0.2, 0) is 14.8 Å². The Balaban J connectivity index is 1.66. The van der Waals surface area contributed by atoms with Crippen LogP contribution in [0.2, 0.25) is 0 Å². The molecule has 1 saturated heterocycles. The van der Waals surface area contributed by atoms with E-state index >= 15 is 0 Å². The smallest absolute Gasteiger partial charge is 0.267 e. The van der Waals surface area contributed by atoms with E-state index in [0.29, 0.717) is 37.7 Å². The first-order valence-corrected chi connectivity index (χ1v) is 9.69. The molecule has 2 heterocycles. The Morgan fingerprint density at radius 2 is 1.70 bits per heavy atom. The van der Waals surface area contributed by atoms with Crippen LogP contribution in [0.25, 0.3) is 6.08 Å². The Labute approximate surface area is 157 Å². The van der Waals surface area contributed by atoms with Crippen LogP contribution in [0.15, 0.2) is 53.7 Å². The van der Waals surface area contributed by atoms with E-state index in [2.05, 4.69) is 9.97 Å². The molecule has 27 heavy (non-hydrogen) atoms. The van der Waals surface area contributed by atoms with Crippen LogP contribution in [0, 0.1) is 0 Å². The van der Waals surface area contributed by atoms with Gasteiger partial charge in [0.15, 0.2) is 0 Å². The molecule has 0 unspecified atom stereocenters. The van der Waals surface area contributed by atoms with Crippen molar-refractivity contribution in [1.29, 1.82) is 0 Å². The molecule has 1 aromatic heterocycles. The molecule has 3 rings (SSSR count). The zero-order valence-electron chi connectivity index (χ0n) is 14.4. The molecule has 1 amide bonds. The zero-order chi connectivity index (χ0) is 19.3. The lowest BCUT2D eigenvalue weighted by molar-refractivity contribution is -0.124. The first-order valence-electron chi connectivity index (χ1n) is 8.25. The van der Waals surface area contributed by atoms with E-state index in [1.807, 2.05) is 4.90 Å². The van der Waals surface area contributed by atoms with Crippen LogP contribution in [0.3, 0.4) is 0 Å². The lowest BCUT2D eigenvalue weighted by Gasteiger charge is -2.33. The van der Waals surface area contributed by atoms with Gasteiger partial charge in [0.25, 0.3) is 5.91 Å². The molecule has 0 aliphatic carbocycles. The highest BCUT2D eigenvalue weighted by Crippen LogP contribution is 2.20. The lowest BCUT2D eigenvalue weighted by Crippen LogP contribution is -2.49. The number of carbonyl (C=O) groups excluding carboxylic acids is 1. The number of benzene rings is 1. The first-order chi connectivity index (χ1) is 13.0. The molecule has 10 heteroatoms. The molecule has 9 nitrogen and oxygen atoms in total. The number of piperazine rings is 1. The van der Waals surface area contributed by atoms with E-state index in [4.69, 9.17) is 5.21 Å². The van der Waals surface area contributed by atoms with E-state index in [9.17, 15) is 13.2 Å². The van der Waals surface area contributed by atoms with Crippen LogP contribution >= 0.6 is 0 Å². The van der Waals surface area contributed by atoms with Gasteiger partial charge >= 0.3 is 0 Å². The Hall–Kier alpha value is -2.82. The normalized spacial score (nSPS) is 15.8. The summed E-state index contributed by atoms with van der Waals surface area (Å²) in [6, 6.07) is 7.93. The highest BCUT2D eigenvalue weighted by Gasteiger charge is 2.29. The van der Waals surface area contributed by atoms with E-state index < -0.39 is 15.9 Å². The number of nitrogens with zero attached hydrogens (tertiary/aromatic N) is 4. The standard InChI is InChI=1S/C17H19N5O4S/c23-16(20-24)7-4-14-2-5-15(6-3-14)27(25,26)22-12-10-21(11-13-22)17-18-8-1-9-19-17/h1-9,24H,10-13H2,(H,20,23)/b7-4+. The number of sulfonamides is 1. The maximum absolute atomic E-state index is 12.8. The molecule has 142 valence electrons. The third kappa shape index (κ3) is 4.48. The first kappa shape index (κ1) is 19.0. The minimum Gasteiger partial charge on any atom is -0.338 e. The summed E-state index contributed by atoms with van der Waals surface area (Å²) in [5, 5.41) is 8.45. The van der Waals surface area contributed by atoms with Gasteiger partial charge in [0, 0.05) is 44.6 Å². The predicted molar refractivity (Wildman–Crippen MR) is 98.4 cm³/mol. The van der Waals surface area contributed by atoms with E-state index in [-0.39, 0.29) is 4.90 Å². The van der Waals surface area contributed by atoms with Crippen LogP contribution in [0.4, 0.5) is 5.95 Å². The summed E-state index contributed by atoms with van der Waals surface area (Å²) in [5.74, 6) is -0.0652. The second-order valence-electron chi connectivity index (χ2n) is 5.82. The highest BCUT2D eigenvalue weighted by molar-refractivity contribution is 7.89. The largest absolute Gasteiger partial charge is 0.338 e. The van der Waals surface area contributed by atoms with Crippen molar-refractivity contribution >= 4 is 28.0 Å². The summed E-state index contributed by atoms with van der Waals surface area (Å²) in [5.41, 5.74) is 2.13. The molecular weight excluding hydrogens is 370 g/mol. The Kier molecular flexibility index (Phi) is 5.79. The quantitative estimate of drug-likeness (QED) is 0.435. The molecule has 2 N–H and O–H groups in total. The maximum Gasteiger partial charge on any atom is 0.267 e. The van der Waals surface area contributed by atoms with Crippen molar-refractivity contribution in [3.05, 3.63) is 54.4 Å². The summed E-state index contributed by atoms with van der Waals surface area (Å²) in [6.45, 7) is 1.72. The number of anilines is 1. The maximum atomic E-state index is 12.8. The topological polar surface area (TPSA) is 116 Å². The lowest BCUT2D eigenvalue weighted by atomic mass is 10.2. The molecule has 0 spiro atoms. The fourth-order valence-corrected chi connectivity index (χ4v) is 4.11. The Morgan fingerprint density at radius 1 is 1.07 bits per heavy atom. The van der Waals surface area contributed by atoms with Crippen LogP contribution in [0.5, 0.6) is 0 Å². The van der Waals surface area contributed by atoms with Crippen molar-refractivity contribution in [3.8, 4) is 0 Å².